The molecule has 2 N–H and O–H groups in total. The first-order valence-electron chi connectivity index (χ1n) is 7.81. The maximum Gasteiger partial charge on any atom is 0.257 e. The van der Waals surface area contributed by atoms with Gasteiger partial charge in [0, 0.05) is 38.1 Å². The predicted molar refractivity (Wildman–Crippen MR) is 80.6 cm³/mol. The minimum absolute atomic E-state index is 0.243. The topological polar surface area (TPSA) is 70.5 Å². The van der Waals surface area contributed by atoms with Gasteiger partial charge in [0.05, 0.1) is 0 Å². The highest BCUT2D eigenvalue weighted by atomic mass is 16.5. The molecule has 2 heterocycles. The molecule has 116 valence electrons. The van der Waals surface area contributed by atoms with E-state index in [0.717, 1.165) is 44.6 Å². The fourth-order valence-electron chi connectivity index (χ4n) is 3.00. The standard InChI is InChI=1S/C15H24N4O2/c1-16-12-8-13(9-12)21-15-14(17-4-5-18-15)19-6-2-11(10-20)3-7-19/h4-5,11-13,16,20H,2-3,6-10H2,1H3/t12-,13+. The molecule has 0 unspecified atom stereocenters. The maximum absolute atomic E-state index is 9.23. The summed E-state index contributed by atoms with van der Waals surface area (Å²) in [5, 5.41) is 12.5. The highest BCUT2D eigenvalue weighted by Gasteiger charge is 2.31. The Hall–Kier alpha value is -1.40. The molecule has 0 radical (unpaired) electrons. The molecule has 3 rings (SSSR count). The molecule has 1 saturated carbocycles. The van der Waals surface area contributed by atoms with Crippen molar-refractivity contribution < 1.29 is 9.84 Å². The average molecular weight is 292 g/mol. The van der Waals surface area contributed by atoms with Crippen molar-refractivity contribution in [2.45, 2.75) is 37.8 Å². The number of piperidine rings is 1. The number of aliphatic hydroxyl groups is 1. The van der Waals surface area contributed by atoms with Crippen LogP contribution in [-0.4, -0.2) is 54.0 Å². The summed E-state index contributed by atoms with van der Waals surface area (Å²) in [4.78, 5) is 11.1. The summed E-state index contributed by atoms with van der Waals surface area (Å²) >= 11 is 0. The van der Waals surface area contributed by atoms with Gasteiger partial charge in [-0.2, -0.15) is 0 Å². The van der Waals surface area contributed by atoms with Crippen LogP contribution < -0.4 is 15.0 Å². The van der Waals surface area contributed by atoms with Gasteiger partial charge in [0.25, 0.3) is 5.88 Å². The summed E-state index contributed by atoms with van der Waals surface area (Å²) in [5.41, 5.74) is 0. The van der Waals surface area contributed by atoms with Crippen LogP contribution in [0.15, 0.2) is 12.4 Å². The number of hydrogen-bond acceptors (Lipinski definition) is 6. The lowest BCUT2D eigenvalue weighted by Crippen LogP contribution is -2.45. The van der Waals surface area contributed by atoms with E-state index >= 15 is 0 Å². The van der Waals surface area contributed by atoms with E-state index in [1.54, 1.807) is 12.4 Å². The second kappa shape index (κ2) is 6.58. The number of nitrogens with one attached hydrogen (secondary N) is 1. The minimum atomic E-state index is 0.243. The molecule has 2 aliphatic rings. The number of nitrogens with zero attached hydrogens (tertiary/aromatic N) is 3. The van der Waals surface area contributed by atoms with E-state index in [4.69, 9.17) is 4.74 Å². The zero-order chi connectivity index (χ0) is 14.7. The largest absolute Gasteiger partial charge is 0.472 e. The minimum Gasteiger partial charge on any atom is -0.472 e. The number of ether oxygens (including phenoxy) is 1. The summed E-state index contributed by atoms with van der Waals surface area (Å²) in [7, 11) is 1.99. The van der Waals surface area contributed by atoms with Crippen LogP contribution >= 0.6 is 0 Å². The average Bonchev–Trinajstić information content (AvgIpc) is 2.51. The fraction of sp³-hybridized carbons (Fsp3) is 0.733. The summed E-state index contributed by atoms with van der Waals surface area (Å²) in [5.74, 6) is 1.92. The SMILES string of the molecule is CN[C@H]1C[C@@H](Oc2nccnc2N2CCC(CO)CC2)C1. The van der Waals surface area contributed by atoms with Crippen molar-refractivity contribution >= 4 is 5.82 Å². The third kappa shape index (κ3) is 3.27. The second-order valence-corrected chi connectivity index (χ2v) is 5.99. The van der Waals surface area contributed by atoms with Crippen LogP contribution in [-0.2, 0) is 0 Å². The first-order chi connectivity index (χ1) is 10.3. The molecule has 1 aliphatic carbocycles. The molecule has 1 aliphatic heterocycles. The number of hydrogen-bond donors (Lipinski definition) is 2. The van der Waals surface area contributed by atoms with E-state index in [-0.39, 0.29) is 12.7 Å². The Morgan fingerprint density at radius 3 is 2.67 bits per heavy atom. The van der Waals surface area contributed by atoms with Gasteiger partial charge in [0.1, 0.15) is 6.10 Å². The van der Waals surface area contributed by atoms with Crippen LogP contribution in [0, 0.1) is 5.92 Å². The van der Waals surface area contributed by atoms with Gasteiger partial charge in [-0.25, -0.2) is 9.97 Å². The molecule has 0 aromatic carbocycles. The monoisotopic (exact) mass is 292 g/mol. The summed E-state index contributed by atoms with van der Waals surface area (Å²) in [6.45, 7) is 2.10. The first-order valence-corrected chi connectivity index (χ1v) is 7.81. The van der Waals surface area contributed by atoms with Crippen molar-refractivity contribution in [2.24, 2.45) is 5.92 Å². The quantitative estimate of drug-likeness (QED) is 0.837. The predicted octanol–water partition coefficient (Wildman–Crippen LogP) is 0.814. The Balaban J connectivity index is 1.63. The van der Waals surface area contributed by atoms with Gasteiger partial charge >= 0.3 is 0 Å². The summed E-state index contributed by atoms with van der Waals surface area (Å²) in [6.07, 6.45) is 7.70. The van der Waals surface area contributed by atoms with Gasteiger partial charge in [-0.3, -0.25) is 0 Å². The molecule has 0 spiro atoms. The lowest BCUT2D eigenvalue weighted by molar-refractivity contribution is 0.0837. The van der Waals surface area contributed by atoms with E-state index < -0.39 is 0 Å². The van der Waals surface area contributed by atoms with Crippen LogP contribution in [0.2, 0.25) is 0 Å². The van der Waals surface area contributed by atoms with E-state index in [1.807, 2.05) is 7.05 Å². The van der Waals surface area contributed by atoms with Gasteiger partial charge in [-0.05, 0) is 38.6 Å². The third-order valence-electron chi connectivity index (χ3n) is 4.60. The lowest BCUT2D eigenvalue weighted by atomic mass is 9.89. The number of anilines is 1. The Labute approximate surface area is 125 Å². The molecule has 6 heteroatoms. The van der Waals surface area contributed by atoms with Crippen LogP contribution in [0.5, 0.6) is 5.88 Å². The van der Waals surface area contributed by atoms with Crippen molar-refractivity contribution in [2.75, 3.05) is 31.6 Å². The van der Waals surface area contributed by atoms with Crippen LogP contribution in [0.1, 0.15) is 25.7 Å². The molecule has 2 fully saturated rings. The molecule has 21 heavy (non-hydrogen) atoms. The first kappa shape index (κ1) is 14.5. The number of rotatable bonds is 5. The van der Waals surface area contributed by atoms with Gasteiger partial charge in [0.2, 0.25) is 0 Å². The van der Waals surface area contributed by atoms with Gasteiger partial charge in [0.15, 0.2) is 5.82 Å². The molecule has 6 nitrogen and oxygen atoms in total. The van der Waals surface area contributed by atoms with Crippen LogP contribution in [0.3, 0.4) is 0 Å². The van der Waals surface area contributed by atoms with E-state index in [0.29, 0.717) is 17.8 Å². The highest BCUT2D eigenvalue weighted by molar-refractivity contribution is 5.48. The van der Waals surface area contributed by atoms with Gasteiger partial charge in [-0.1, -0.05) is 0 Å². The lowest BCUT2D eigenvalue weighted by Gasteiger charge is -2.36. The van der Waals surface area contributed by atoms with Crippen molar-refractivity contribution in [3.63, 3.8) is 0 Å². The molecule has 1 saturated heterocycles. The Morgan fingerprint density at radius 1 is 1.29 bits per heavy atom. The summed E-state index contributed by atoms with van der Waals surface area (Å²) in [6, 6.07) is 0.565. The van der Waals surface area contributed by atoms with E-state index in [9.17, 15) is 5.11 Å². The fourth-order valence-corrected chi connectivity index (χ4v) is 3.00. The molecule has 1 aromatic heterocycles. The zero-order valence-electron chi connectivity index (χ0n) is 12.5. The van der Waals surface area contributed by atoms with Crippen LogP contribution in [0.25, 0.3) is 0 Å². The number of aliphatic hydroxyl groups excluding tert-OH is 1. The van der Waals surface area contributed by atoms with Crippen LogP contribution in [0.4, 0.5) is 5.82 Å². The van der Waals surface area contributed by atoms with Gasteiger partial charge in [-0.15, -0.1) is 0 Å². The van der Waals surface area contributed by atoms with Crippen molar-refractivity contribution in [1.82, 2.24) is 15.3 Å². The molecule has 0 atom stereocenters. The Bertz CT molecular complexity index is 457. The van der Waals surface area contributed by atoms with Gasteiger partial charge < -0.3 is 20.1 Å². The second-order valence-electron chi connectivity index (χ2n) is 5.99. The number of aromatic nitrogens is 2. The third-order valence-corrected chi connectivity index (χ3v) is 4.60. The molecule has 0 amide bonds. The van der Waals surface area contributed by atoms with E-state index in [1.165, 1.54) is 0 Å². The maximum atomic E-state index is 9.23. The Morgan fingerprint density at radius 2 is 2.00 bits per heavy atom. The summed E-state index contributed by atoms with van der Waals surface area (Å²) < 4.78 is 6.02. The van der Waals surface area contributed by atoms with E-state index in [2.05, 4.69) is 20.2 Å². The normalized spacial score (nSPS) is 26.5. The molecular weight excluding hydrogens is 268 g/mol. The molecular formula is C15H24N4O2. The Kier molecular flexibility index (Phi) is 4.55. The van der Waals surface area contributed by atoms with Crippen molar-refractivity contribution in [1.29, 1.82) is 0 Å². The van der Waals surface area contributed by atoms with Crippen molar-refractivity contribution in [3.05, 3.63) is 12.4 Å². The van der Waals surface area contributed by atoms with Crippen molar-refractivity contribution in [3.8, 4) is 5.88 Å². The molecule has 0 bridgehead atoms. The smallest absolute Gasteiger partial charge is 0.257 e. The zero-order valence-corrected chi connectivity index (χ0v) is 12.5. The highest BCUT2D eigenvalue weighted by Crippen LogP contribution is 2.31. The molecule has 1 aromatic rings.